The van der Waals surface area contributed by atoms with Crippen LogP contribution in [-0.2, 0) is 33.2 Å². The molecule has 502 valence electrons. The van der Waals surface area contributed by atoms with E-state index in [1.165, 1.54) is 25.7 Å². The molecule has 88 heavy (non-hydrogen) atoms. The van der Waals surface area contributed by atoms with E-state index < -0.39 is 124 Å². The van der Waals surface area contributed by atoms with Crippen molar-refractivity contribution < 1.29 is 89.4 Å². The minimum Gasteiger partial charge on any atom is -0.394 e. The summed E-state index contributed by atoms with van der Waals surface area (Å²) in [6.07, 6.45) is 40.3. The number of hydrogen-bond acceptors (Lipinski definition) is 18. The fourth-order valence-electron chi connectivity index (χ4n) is 10.1. The molecule has 12 N–H and O–H groups in total. The van der Waals surface area contributed by atoms with Crippen molar-refractivity contribution in [3.63, 3.8) is 0 Å². The zero-order chi connectivity index (χ0) is 64.0. The van der Waals surface area contributed by atoms with Crippen LogP contribution in [0.15, 0.2) is 122 Å². The quantitative estimate of drug-likeness (QED) is 0.0206. The van der Waals surface area contributed by atoms with Gasteiger partial charge in [-0.1, -0.05) is 187 Å². The fraction of sp³-hybridized carbons (Fsp3) is 0.696. The van der Waals surface area contributed by atoms with Gasteiger partial charge >= 0.3 is 0 Å². The molecule has 3 aliphatic heterocycles. The lowest BCUT2D eigenvalue weighted by Crippen LogP contribution is -2.66. The average molecular weight is 1240 g/mol. The monoisotopic (exact) mass is 1240 g/mol. The highest BCUT2D eigenvalue weighted by molar-refractivity contribution is 5.76. The van der Waals surface area contributed by atoms with E-state index in [2.05, 4.69) is 129 Å². The third-order valence-electron chi connectivity index (χ3n) is 15.5. The Labute approximate surface area is 525 Å². The molecule has 1 amide bonds. The number of amides is 1. The van der Waals surface area contributed by atoms with Gasteiger partial charge in [0.1, 0.15) is 73.2 Å². The molecular formula is C69H113NO18. The van der Waals surface area contributed by atoms with Gasteiger partial charge in [-0.2, -0.15) is 0 Å². The molecule has 0 radical (unpaired) electrons. The summed E-state index contributed by atoms with van der Waals surface area (Å²) in [5, 5.41) is 120. The molecule has 19 nitrogen and oxygen atoms in total. The van der Waals surface area contributed by atoms with Crippen LogP contribution in [0.25, 0.3) is 0 Å². The fourth-order valence-corrected chi connectivity index (χ4v) is 10.1. The Morgan fingerprint density at radius 2 is 0.795 bits per heavy atom. The van der Waals surface area contributed by atoms with Crippen molar-refractivity contribution in [2.24, 2.45) is 0 Å². The standard InChI is InChI=1S/C69H113NO18/c1-3-5-7-9-11-13-15-17-19-20-21-22-23-24-25-26-27-28-29-30-31-32-33-35-37-39-41-43-45-47-57(75)70-52(53(74)46-44-42-40-38-36-34-18-16-14-12-10-8-6-4-2)51-83-67-63(81)60(78)65(55(49-72)85-67)88-69-64(82)61(79)66(56(50-73)86-69)87-68-62(80)59(77)58(76)54(48-71)84-68/h5,7,11,13-14,16-17,19,21-22,24-25,27-28,30-31,36,38,44,46,52-56,58-69,71-74,76-82H,3-4,6,8-10,12,15,18,20,23,26,29,32-35,37,39-43,45,47-51H2,1-2H3,(H,70,75)/b7-5-,13-11-,16-14+,19-17-,22-21-,25-24-,28-27-,31-30-,38-36+,46-44+. The van der Waals surface area contributed by atoms with Gasteiger partial charge < -0.3 is 89.9 Å². The smallest absolute Gasteiger partial charge is 0.220 e. The third-order valence-corrected chi connectivity index (χ3v) is 15.5. The van der Waals surface area contributed by atoms with Gasteiger partial charge in [0, 0.05) is 6.42 Å². The van der Waals surface area contributed by atoms with Gasteiger partial charge in [-0.25, -0.2) is 0 Å². The molecular weight excluding hydrogens is 1130 g/mol. The summed E-state index contributed by atoms with van der Waals surface area (Å²) in [7, 11) is 0. The highest BCUT2D eigenvalue weighted by Crippen LogP contribution is 2.33. The lowest BCUT2D eigenvalue weighted by molar-refractivity contribution is -0.379. The topological polar surface area (TPSA) is 307 Å². The van der Waals surface area contributed by atoms with E-state index in [9.17, 15) is 61.0 Å². The number of aliphatic hydroxyl groups is 11. The number of aliphatic hydroxyl groups excluding tert-OH is 11. The molecule has 3 saturated heterocycles. The highest BCUT2D eigenvalue weighted by atomic mass is 16.8. The number of allylic oxidation sites excluding steroid dienone is 19. The van der Waals surface area contributed by atoms with E-state index in [1.54, 1.807) is 6.08 Å². The molecule has 19 heteroatoms. The third kappa shape index (κ3) is 32.0. The summed E-state index contributed by atoms with van der Waals surface area (Å²) in [5.74, 6) is -0.308. The second-order valence-corrected chi connectivity index (χ2v) is 22.8. The average Bonchev–Trinajstić information content (AvgIpc) is 2.57. The van der Waals surface area contributed by atoms with Crippen molar-refractivity contribution in [1.82, 2.24) is 5.32 Å². The van der Waals surface area contributed by atoms with E-state index >= 15 is 0 Å². The predicted molar refractivity (Wildman–Crippen MR) is 341 cm³/mol. The van der Waals surface area contributed by atoms with Crippen molar-refractivity contribution in [2.75, 3.05) is 26.4 Å². The Bertz CT molecular complexity index is 2070. The normalized spacial score (nSPS) is 29.2. The van der Waals surface area contributed by atoms with Gasteiger partial charge in [0.2, 0.25) is 5.91 Å². The van der Waals surface area contributed by atoms with E-state index in [4.69, 9.17) is 28.4 Å². The van der Waals surface area contributed by atoms with Crippen LogP contribution in [0.4, 0.5) is 0 Å². The highest BCUT2D eigenvalue weighted by Gasteiger charge is 2.53. The molecule has 0 saturated carbocycles. The van der Waals surface area contributed by atoms with E-state index in [0.29, 0.717) is 12.8 Å². The molecule has 3 heterocycles. The predicted octanol–water partition coefficient (Wildman–Crippen LogP) is 7.65. The van der Waals surface area contributed by atoms with Gasteiger partial charge in [0.05, 0.1) is 38.6 Å². The number of carbonyl (C=O) groups excluding carboxylic acids is 1. The lowest BCUT2D eigenvalue weighted by Gasteiger charge is -2.48. The Morgan fingerprint density at radius 1 is 0.420 bits per heavy atom. The number of carbonyl (C=O) groups is 1. The molecule has 0 aromatic carbocycles. The van der Waals surface area contributed by atoms with Crippen LogP contribution in [0.3, 0.4) is 0 Å². The van der Waals surface area contributed by atoms with Gasteiger partial charge in [0.15, 0.2) is 18.9 Å². The second kappa shape index (κ2) is 49.8. The van der Waals surface area contributed by atoms with Crippen molar-refractivity contribution >= 4 is 5.91 Å². The Balaban J connectivity index is 1.44. The largest absolute Gasteiger partial charge is 0.394 e. The lowest BCUT2D eigenvalue weighted by atomic mass is 9.96. The molecule has 0 bridgehead atoms. The first-order chi connectivity index (χ1) is 42.8. The summed E-state index contributed by atoms with van der Waals surface area (Å²) >= 11 is 0. The number of unbranched alkanes of at least 4 members (excludes halogenated alkanes) is 13. The second-order valence-electron chi connectivity index (χ2n) is 22.8. The first-order valence-corrected chi connectivity index (χ1v) is 32.8. The number of ether oxygens (including phenoxy) is 6. The minimum atomic E-state index is -1.99. The number of hydrogen-bond donors (Lipinski definition) is 12. The van der Waals surface area contributed by atoms with Crippen LogP contribution in [0.1, 0.15) is 174 Å². The first-order valence-electron chi connectivity index (χ1n) is 32.8. The molecule has 17 atom stereocenters. The molecule has 0 aromatic heterocycles. The Morgan fingerprint density at radius 3 is 1.27 bits per heavy atom. The maximum absolute atomic E-state index is 13.4. The summed E-state index contributed by atoms with van der Waals surface area (Å²) in [6.45, 7) is 1.52. The molecule has 0 aliphatic carbocycles. The van der Waals surface area contributed by atoms with Gasteiger partial charge in [-0.05, 0) is 103 Å². The molecule has 0 aromatic rings. The van der Waals surface area contributed by atoms with Crippen LogP contribution in [0.5, 0.6) is 0 Å². The first kappa shape index (κ1) is 78.4. The van der Waals surface area contributed by atoms with E-state index in [-0.39, 0.29) is 18.9 Å². The summed E-state index contributed by atoms with van der Waals surface area (Å²) < 4.78 is 34.2. The molecule has 3 fully saturated rings. The summed E-state index contributed by atoms with van der Waals surface area (Å²) in [5.41, 5.74) is 0. The SMILES string of the molecule is CC/C=C\C/C=C\C/C=C\C/C=C\C/C=C\C/C=C\C/C=C\CCCCCCCCCC(=O)NC(COC1OC(CO)C(OC2OC(CO)C(OC3OC(CO)C(O)C(O)C3O)C(O)C2O)C(O)C1O)C(O)/C=C/CC/C=C/CC/C=C/CCCCCC. The van der Waals surface area contributed by atoms with Gasteiger partial charge in [-0.3, -0.25) is 4.79 Å². The zero-order valence-electron chi connectivity index (χ0n) is 52.6. The maximum atomic E-state index is 13.4. The van der Waals surface area contributed by atoms with Crippen molar-refractivity contribution in [1.29, 1.82) is 0 Å². The Kier molecular flexibility index (Phi) is 44.4. The number of nitrogens with one attached hydrogen (secondary N) is 1. The van der Waals surface area contributed by atoms with Crippen molar-refractivity contribution in [3.05, 3.63) is 122 Å². The summed E-state index contributed by atoms with van der Waals surface area (Å²) in [6, 6.07) is -1.01. The van der Waals surface area contributed by atoms with Gasteiger partial charge in [0.25, 0.3) is 0 Å². The van der Waals surface area contributed by atoms with Crippen LogP contribution in [-0.4, -0.2) is 193 Å². The van der Waals surface area contributed by atoms with Crippen LogP contribution in [0.2, 0.25) is 0 Å². The number of rotatable bonds is 47. The van der Waals surface area contributed by atoms with E-state index in [0.717, 1.165) is 116 Å². The van der Waals surface area contributed by atoms with Crippen LogP contribution < -0.4 is 5.32 Å². The molecule has 17 unspecified atom stereocenters. The van der Waals surface area contributed by atoms with Crippen molar-refractivity contribution in [3.8, 4) is 0 Å². The minimum absolute atomic E-state index is 0.210. The molecule has 0 spiro atoms. The van der Waals surface area contributed by atoms with Crippen molar-refractivity contribution in [2.45, 2.75) is 279 Å². The molecule has 3 aliphatic rings. The zero-order valence-corrected chi connectivity index (χ0v) is 52.6. The maximum Gasteiger partial charge on any atom is 0.220 e. The van der Waals surface area contributed by atoms with E-state index in [1.807, 2.05) is 6.08 Å². The summed E-state index contributed by atoms with van der Waals surface area (Å²) in [4.78, 5) is 13.4. The Hall–Kier alpha value is -3.81. The molecule has 3 rings (SSSR count). The van der Waals surface area contributed by atoms with Gasteiger partial charge in [-0.15, -0.1) is 0 Å². The van der Waals surface area contributed by atoms with Crippen LogP contribution in [0, 0.1) is 0 Å². The van der Waals surface area contributed by atoms with Crippen LogP contribution >= 0.6 is 0 Å².